The molecule has 4 heteroatoms. The smallest absolute Gasteiger partial charge is 0.216 e. The molecule has 3 rings (SSSR count). The molecule has 0 spiro atoms. The van der Waals surface area contributed by atoms with Crippen LogP contribution in [0, 0.1) is 6.92 Å². The zero-order chi connectivity index (χ0) is 18.4. The Bertz CT molecular complexity index is 880. The molecule has 0 atom stereocenters. The van der Waals surface area contributed by atoms with Crippen molar-refractivity contribution in [3.8, 4) is 5.88 Å². The zero-order valence-electron chi connectivity index (χ0n) is 15.2. The molecular formula is C22H23N3O. The maximum atomic E-state index is 5.85. The van der Waals surface area contributed by atoms with Gasteiger partial charge in [-0.1, -0.05) is 61.2 Å². The number of aryl methyl sites for hydroxylation is 1. The van der Waals surface area contributed by atoms with Crippen LogP contribution in [0.4, 0.5) is 11.4 Å². The van der Waals surface area contributed by atoms with Gasteiger partial charge in [-0.2, -0.15) is 0 Å². The number of pyridine rings is 1. The van der Waals surface area contributed by atoms with Crippen LogP contribution in [0.25, 0.3) is 0 Å². The quantitative estimate of drug-likeness (QED) is 0.736. The van der Waals surface area contributed by atoms with Crippen molar-refractivity contribution in [2.75, 3.05) is 11.9 Å². The van der Waals surface area contributed by atoms with Crippen molar-refractivity contribution in [2.45, 2.75) is 20.5 Å². The van der Waals surface area contributed by atoms with Gasteiger partial charge in [-0.25, -0.2) is 9.98 Å². The van der Waals surface area contributed by atoms with Gasteiger partial charge in [-0.15, -0.1) is 0 Å². The first kappa shape index (κ1) is 17.7. The van der Waals surface area contributed by atoms with Crippen molar-refractivity contribution in [1.82, 2.24) is 4.98 Å². The number of rotatable bonds is 6. The maximum absolute atomic E-state index is 5.85. The number of nitrogens with zero attached hydrogens (tertiary/aromatic N) is 2. The number of anilines is 1. The molecule has 1 aromatic heterocycles. The number of aromatic nitrogens is 1. The Morgan fingerprint density at radius 3 is 2.85 bits per heavy atom. The first-order chi connectivity index (χ1) is 12.7. The van der Waals surface area contributed by atoms with Gasteiger partial charge < -0.3 is 10.1 Å². The second-order valence-electron chi connectivity index (χ2n) is 5.97. The molecule has 0 unspecified atom stereocenters. The average molecular weight is 345 g/mol. The molecule has 0 saturated carbocycles. The summed E-state index contributed by atoms with van der Waals surface area (Å²) >= 11 is 0. The molecule has 1 N–H and O–H groups in total. The Morgan fingerprint density at radius 2 is 2.12 bits per heavy atom. The predicted molar refractivity (Wildman–Crippen MR) is 108 cm³/mol. The van der Waals surface area contributed by atoms with E-state index in [2.05, 4.69) is 16.9 Å². The molecule has 1 aliphatic rings. The number of hydrogen-bond acceptors (Lipinski definition) is 4. The molecule has 132 valence electrons. The largest absolute Gasteiger partial charge is 0.473 e. The summed E-state index contributed by atoms with van der Waals surface area (Å²) in [6, 6.07) is 12.0. The number of hydrogen-bond donors (Lipinski definition) is 1. The lowest BCUT2D eigenvalue weighted by molar-refractivity contribution is 0.293. The molecule has 4 nitrogen and oxygen atoms in total. The highest BCUT2D eigenvalue weighted by Crippen LogP contribution is 2.34. The van der Waals surface area contributed by atoms with Crippen molar-refractivity contribution in [2.24, 2.45) is 4.99 Å². The maximum Gasteiger partial charge on any atom is 0.216 e. The predicted octanol–water partition coefficient (Wildman–Crippen LogP) is 5.16. The van der Waals surface area contributed by atoms with E-state index in [1.807, 2.05) is 68.5 Å². The Morgan fingerprint density at radius 1 is 1.31 bits per heavy atom. The summed E-state index contributed by atoms with van der Waals surface area (Å²) in [6.45, 7) is 8.84. The van der Waals surface area contributed by atoms with Crippen LogP contribution in [0.15, 0.2) is 77.8 Å². The van der Waals surface area contributed by atoms with Gasteiger partial charge in [0.05, 0.1) is 23.6 Å². The summed E-state index contributed by atoms with van der Waals surface area (Å²) in [6.07, 6.45) is 7.74. The average Bonchev–Trinajstić information content (AvgIpc) is 2.68. The van der Waals surface area contributed by atoms with Crippen LogP contribution in [0.2, 0.25) is 0 Å². The van der Waals surface area contributed by atoms with Crippen molar-refractivity contribution in [1.29, 1.82) is 0 Å². The third-order valence-electron chi connectivity index (χ3n) is 4.12. The number of fused-ring (bicyclic) bond motifs is 1. The topological polar surface area (TPSA) is 46.5 Å². The van der Waals surface area contributed by atoms with Crippen LogP contribution < -0.4 is 10.1 Å². The second kappa shape index (κ2) is 8.30. The van der Waals surface area contributed by atoms with Crippen LogP contribution in [0.1, 0.15) is 18.2 Å². The number of ether oxygens (including phenoxy) is 1. The van der Waals surface area contributed by atoms with Crippen LogP contribution in [-0.2, 0) is 6.61 Å². The fourth-order valence-electron chi connectivity index (χ4n) is 2.77. The zero-order valence-corrected chi connectivity index (χ0v) is 15.2. The molecule has 2 aromatic rings. The summed E-state index contributed by atoms with van der Waals surface area (Å²) in [5.41, 5.74) is 5.84. The molecule has 0 bridgehead atoms. The van der Waals surface area contributed by atoms with Crippen molar-refractivity contribution in [3.63, 3.8) is 0 Å². The minimum Gasteiger partial charge on any atom is -0.473 e. The fraction of sp³-hybridized carbons (Fsp3) is 0.182. The summed E-state index contributed by atoms with van der Waals surface area (Å²) in [7, 11) is 0. The summed E-state index contributed by atoms with van der Waals surface area (Å²) < 4.78 is 5.85. The monoisotopic (exact) mass is 345 g/mol. The van der Waals surface area contributed by atoms with Gasteiger partial charge in [-0.05, 0) is 25.0 Å². The van der Waals surface area contributed by atoms with E-state index in [4.69, 9.17) is 9.73 Å². The van der Waals surface area contributed by atoms with Crippen LogP contribution in [-0.4, -0.2) is 17.2 Å². The highest BCUT2D eigenvalue weighted by atomic mass is 16.5. The third kappa shape index (κ3) is 4.09. The lowest BCUT2D eigenvalue weighted by Crippen LogP contribution is -2.19. The molecule has 0 amide bonds. The highest BCUT2D eigenvalue weighted by molar-refractivity contribution is 6.08. The van der Waals surface area contributed by atoms with Gasteiger partial charge in [0, 0.05) is 6.07 Å². The summed E-state index contributed by atoms with van der Waals surface area (Å²) in [5, 5.41) is 3.43. The van der Waals surface area contributed by atoms with E-state index in [1.165, 1.54) is 0 Å². The van der Waals surface area contributed by atoms with Gasteiger partial charge in [0.15, 0.2) is 0 Å². The van der Waals surface area contributed by atoms with Gasteiger partial charge in [0.2, 0.25) is 5.88 Å². The van der Waals surface area contributed by atoms with Crippen LogP contribution >= 0.6 is 0 Å². The second-order valence-corrected chi connectivity index (χ2v) is 5.97. The molecular weight excluding hydrogens is 322 g/mol. The SMILES string of the molecule is C=C/C=C\C(=C/C)C1=Nc2c(cc(OCc3ccccc3)nc2C)NC1. The normalized spacial score (nSPS) is 13.8. The first-order valence-electron chi connectivity index (χ1n) is 8.67. The molecule has 1 aliphatic heterocycles. The molecule has 0 aliphatic carbocycles. The van der Waals surface area contributed by atoms with Crippen LogP contribution in [0.5, 0.6) is 5.88 Å². The molecule has 0 fully saturated rings. The Labute approximate surface area is 154 Å². The van der Waals surface area contributed by atoms with Crippen molar-refractivity contribution < 1.29 is 4.74 Å². The van der Waals surface area contributed by atoms with Crippen molar-refractivity contribution in [3.05, 3.63) is 84.1 Å². The van der Waals surface area contributed by atoms with Gasteiger partial charge >= 0.3 is 0 Å². The minimum absolute atomic E-state index is 0.496. The lowest BCUT2D eigenvalue weighted by Gasteiger charge is -2.20. The number of allylic oxidation sites excluding steroid dienone is 4. The van der Waals surface area contributed by atoms with Crippen LogP contribution in [0.3, 0.4) is 0 Å². The standard InChI is InChI=1S/C22H23N3O/c1-4-6-12-18(5-2)20-14-23-19-13-21(24-16(3)22(19)25-20)26-15-17-10-8-7-9-11-17/h4-13,23H,1,14-15H2,2-3H3/b12-6-,18-5+. The van der Waals surface area contributed by atoms with Crippen molar-refractivity contribution >= 4 is 17.1 Å². The first-order valence-corrected chi connectivity index (χ1v) is 8.67. The fourth-order valence-corrected chi connectivity index (χ4v) is 2.77. The highest BCUT2D eigenvalue weighted by Gasteiger charge is 2.17. The molecule has 26 heavy (non-hydrogen) atoms. The van der Waals surface area contributed by atoms with Gasteiger partial charge in [0.25, 0.3) is 0 Å². The molecule has 2 heterocycles. The number of aliphatic imine (C=N–C) groups is 1. The Balaban J connectivity index is 1.82. The molecule has 1 aromatic carbocycles. The summed E-state index contributed by atoms with van der Waals surface area (Å²) in [5.74, 6) is 0.606. The van der Waals surface area contributed by atoms with E-state index >= 15 is 0 Å². The van der Waals surface area contributed by atoms with E-state index < -0.39 is 0 Å². The third-order valence-corrected chi connectivity index (χ3v) is 4.12. The minimum atomic E-state index is 0.496. The summed E-state index contributed by atoms with van der Waals surface area (Å²) in [4.78, 5) is 9.37. The van der Waals surface area contributed by atoms with E-state index in [-0.39, 0.29) is 0 Å². The van der Waals surface area contributed by atoms with E-state index in [1.54, 1.807) is 6.08 Å². The Hall–Kier alpha value is -3.14. The molecule has 0 radical (unpaired) electrons. The van der Waals surface area contributed by atoms with Gasteiger partial charge in [0.1, 0.15) is 12.3 Å². The van der Waals surface area contributed by atoms with E-state index in [9.17, 15) is 0 Å². The lowest BCUT2D eigenvalue weighted by atomic mass is 10.1. The Kier molecular flexibility index (Phi) is 5.64. The number of benzene rings is 1. The van der Waals surface area contributed by atoms with E-state index in [0.717, 1.165) is 33.9 Å². The van der Waals surface area contributed by atoms with Gasteiger partial charge in [-0.3, -0.25) is 0 Å². The molecule has 0 saturated heterocycles. The van der Waals surface area contributed by atoms with E-state index in [0.29, 0.717) is 19.0 Å². The number of nitrogens with one attached hydrogen (secondary N) is 1.